The van der Waals surface area contributed by atoms with Crippen LogP contribution in [0.2, 0.25) is 0 Å². The molecule has 1 aromatic heterocycles. The fourth-order valence-corrected chi connectivity index (χ4v) is 3.42. The van der Waals surface area contributed by atoms with Crippen molar-refractivity contribution < 1.29 is 8.42 Å². The van der Waals surface area contributed by atoms with Crippen molar-refractivity contribution in [2.45, 2.75) is 24.3 Å². The minimum Gasteiger partial charge on any atom is -0.235 e. The van der Waals surface area contributed by atoms with E-state index in [0.717, 1.165) is 0 Å². The van der Waals surface area contributed by atoms with Crippen LogP contribution in [-0.4, -0.2) is 35.3 Å². The Balaban J connectivity index is 2.84. The summed E-state index contributed by atoms with van der Waals surface area (Å²) >= 11 is 9.03. The Hall–Kier alpha value is -0.180. The molecule has 0 aromatic carbocycles. The molecule has 0 amide bonds. The van der Waals surface area contributed by atoms with E-state index in [4.69, 9.17) is 11.6 Å². The molecule has 1 atom stereocenters. The molecule has 1 heterocycles. The summed E-state index contributed by atoms with van der Waals surface area (Å²) in [5.41, 5.74) is 0. The van der Waals surface area contributed by atoms with E-state index in [2.05, 4.69) is 31.0 Å². The number of aryl methyl sites for hydroxylation is 1. The van der Waals surface area contributed by atoms with Gasteiger partial charge in [0.25, 0.3) is 10.0 Å². The summed E-state index contributed by atoms with van der Waals surface area (Å²) in [5.74, 6) is 0.187. The second kappa shape index (κ2) is 5.64. The first-order valence-electron chi connectivity index (χ1n) is 4.94. The molecule has 0 saturated heterocycles. The molecule has 0 aliphatic heterocycles. The number of nitrogens with zero attached hydrogens (tertiary/aromatic N) is 3. The average Bonchev–Trinajstić information content (AvgIpc) is 2.55. The number of hydrogen-bond acceptors (Lipinski definition) is 4. The Morgan fingerprint density at radius 1 is 1.53 bits per heavy atom. The topological polar surface area (TPSA) is 76.9 Å². The van der Waals surface area contributed by atoms with Gasteiger partial charge in [-0.15, -0.1) is 16.7 Å². The largest absolute Gasteiger partial charge is 0.260 e. The molecule has 0 radical (unpaired) electrons. The monoisotopic (exact) mass is 344 g/mol. The van der Waals surface area contributed by atoms with Crippen LogP contribution in [0.4, 0.5) is 0 Å². The maximum absolute atomic E-state index is 12.0. The number of nitrogens with one attached hydrogen (secondary N) is 1. The minimum atomic E-state index is -3.65. The standard InChI is InChI=1S/C8H14BrClN4O2S/c1-5(2)6(10)4-11-17(15,16)8-7(9)12-13-14(8)3/h5-6,11H,4H2,1-3H3. The average molecular weight is 346 g/mol. The zero-order chi connectivity index (χ0) is 13.2. The highest BCUT2D eigenvalue weighted by molar-refractivity contribution is 9.10. The van der Waals surface area contributed by atoms with Crippen molar-refractivity contribution in [3.63, 3.8) is 0 Å². The minimum absolute atomic E-state index is 0.00915. The molecular formula is C8H14BrClN4O2S. The summed E-state index contributed by atoms with van der Waals surface area (Å²) in [4.78, 5) is 0. The van der Waals surface area contributed by atoms with Crippen LogP contribution in [0.5, 0.6) is 0 Å². The molecule has 9 heteroatoms. The molecule has 6 nitrogen and oxygen atoms in total. The van der Waals surface area contributed by atoms with Crippen LogP contribution < -0.4 is 4.72 Å². The van der Waals surface area contributed by atoms with Crippen molar-refractivity contribution in [3.05, 3.63) is 4.60 Å². The van der Waals surface area contributed by atoms with Crippen molar-refractivity contribution in [1.29, 1.82) is 0 Å². The molecule has 0 saturated carbocycles. The third-order valence-corrected chi connectivity index (χ3v) is 5.15. The summed E-state index contributed by atoms with van der Waals surface area (Å²) in [7, 11) is -2.14. The van der Waals surface area contributed by atoms with Gasteiger partial charge in [0.1, 0.15) is 0 Å². The van der Waals surface area contributed by atoms with Gasteiger partial charge >= 0.3 is 0 Å². The number of aromatic nitrogens is 3. The van der Waals surface area contributed by atoms with E-state index >= 15 is 0 Å². The predicted molar refractivity (Wildman–Crippen MR) is 68.4 cm³/mol. The normalized spacial score (nSPS) is 14.2. The fraction of sp³-hybridized carbons (Fsp3) is 0.750. The molecule has 1 rings (SSSR count). The smallest absolute Gasteiger partial charge is 0.235 e. The van der Waals surface area contributed by atoms with Crippen LogP contribution in [-0.2, 0) is 17.1 Å². The first kappa shape index (κ1) is 14.9. The van der Waals surface area contributed by atoms with Gasteiger partial charge in [0.2, 0.25) is 5.03 Å². The summed E-state index contributed by atoms with van der Waals surface area (Å²) in [6, 6.07) is 0. The Morgan fingerprint density at radius 2 is 2.12 bits per heavy atom. The molecular weight excluding hydrogens is 332 g/mol. The van der Waals surface area contributed by atoms with Crippen molar-refractivity contribution in [1.82, 2.24) is 19.7 Å². The van der Waals surface area contributed by atoms with E-state index in [1.807, 2.05) is 13.8 Å². The quantitative estimate of drug-likeness (QED) is 0.811. The molecule has 98 valence electrons. The zero-order valence-electron chi connectivity index (χ0n) is 9.68. The first-order valence-corrected chi connectivity index (χ1v) is 7.66. The predicted octanol–water partition coefficient (Wildman–Crippen LogP) is 1.12. The van der Waals surface area contributed by atoms with Crippen molar-refractivity contribution in [2.24, 2.45) is 13.0 Å². The van der Waals surface area contributed by atoms with Gasteiger partial charge in [-0.25, -0.2) is 17.8 Å². The molecule has 0 spiro atoms. The highest BCUT2D eigenvalue weighted by atomic mass is 79.9. The van der Waals surface area contributed by atoms with Crippen molar-refractivity contribution in [3.8, 4) is 0 Å². The van der Waals surface area contributed by atoms with Crippen molar-refractivity contribution >= 4 is 37.6 Å². The second-order valence-corrected chi connectivity index (χ2v) is 6.91. The molecule has 1 unspecified atom stereocenters. The van der Waals surface area contributed by atoms with Gasteiger partial charge in [0.05, 0.1) is 0 Å². The van der Waals surface area contributed by atoms with E-state index in [1.54, 1.807) is 0 Å². The Labute approximate surface area is 114 Å². The van der Waals surface area contributed by atoms with Crippen LogP contribution in [0.25, 0.3) is 0 Å². The molecule has 1 N–H and O–H groups in total. The number of hydrogen-bond donors (Lipinski definition) is 1. The summed E-state index contributed by atoms with van der Waals surface area (Å²) in [5, 5.41) is 6.97. The molecule has 17 heavy (non-hydrogen) atoms. The lowest BCUT2D eigenvalue weighted by atomic mass is 10.1. The van der Waals surface area contributed by atoms with Gasteiger partial charge in [-0.1, -0.05) is 19.1 Å². The van der Waals surface area contributed by atoms with Crippen LogP contribution in [0, 0.1) is 5.92 Å². The van der Waals surface area contributed by atoms with E-state index in [9.17, 15) is 8.42 Å². The summed E-state index contributed by atoms with van der Waals surface area (Å²) in [6.07, 6.45) is 0. The Kier molecular flexibility index (Phi) is 4.94. The lowest BCUT2D eigenvalue weighted by Crippen LogP contribution is -2.33. The first-order chi connectivity index (χ1) is 7.75. The Morgan fingerprint density at radius 3 is 2.53 bits per heavy atom. The zero-order valence-corrected chi connectivity index (χ0v) is 12.8. The molecule has 0 fully saturated rings. The fourth-order valence-electron chi connectivity index (χ4n) is 1.10. The Bertz CT molecular complexity index is 468. The lowest BCUT2D eigenvalue weighted by molar-refractivity contribution is 0.543. The highest BCUT2D eigenvalue weighted by Crippen LogP contribution is 2.18. The van der Waals surface area contributed by atoms with Crippen LogP contribution in [0.15, 0.2) is 9.63 Å². The number of sulfonamides is 1. The number of halogens is 2. The lowest BCUT2D eigenvalue weighted by Gasteiger charge is -2.14. The van der Waals surface area contributed by atoms with Gasteiger partial charge in [-0.2, -0.15) is 0 Å². The SMILES string of the molecule is CC(C)C(Cl)CNS(=O)(=O)c1c(Br)nnn1C. The molecule has 0 aliphatic rings. The number of rotatable bonds is 5. The van der Waals surface area contributed by atoms with Crippen LogP contribution in [0.1, 0.15) is 13.8 Å². The molecule has 1 aromatic rings. The second-order valence-electron chi connectivity index (χ2n) is 3.92. The van der Waals surface area contributed by atoms with Gasteiger partial charge in [-0.05, 0) is 21.8 Å². The van der Waals surface area contributed by atoms with Gasteiger partial charge in [0.15, 0.2) is 4.60 Å². The molecule has 0 bridgehead atoms. The van der Waals surface area contributed by atoms with Crippen molar-refractivity contribution in [2.75, 3.05) is 6.54 Å². The van der Waals surface area contributed by atoms with Crippen LogP contribution in [0.3, 0.4) is 0 Å². The third kappa shape index (κ3) is 3.64. The summed E-state index contributed by atoms with van der Waals surface area (Å²) < 4.78 is 27.7. The molecule has 0 aliphatic carbocycles. The maximum atomic E-state index is 12.0. The van der Waals surface area contributed by atoms with Gasteiger partial charge in [0, 0.05) is 19.0 Å². The van der Waals surface area contributed by atoms with Gasteiger partial charge in [-0.3, -0.25) is 0 Å². The third-order valence-electron chi connectivity index (χ3n) is 2.18. The van der Waals surface area contributed by atoms with Gasteiger partial charge < -0.3 is 0 Å². The summed E-state index contributed by atoms with van der Waals surface area (Å²) in [6.45, 7) is 4.01. The van der Waals surface area contributed by atoms with Crippen LogP contribution >= 0.6 is 27.5 Å². The van der Waals surface area contributed by atoms with E-state index in [1.165, 1.54) is 11.7 Å². The van der Waals surface area contributed by atoms with E-state index in [-0.39, 0.29) is 27.5 Å². The van der Waals surface area contributed by atoms with E-state index < -0.39 is 10.0 Å². The highest BCUT2D eigenvalue weighted by Gasteiger charge is 2.24. The number of alkyl halides is 1. The maximum Gasteiger partial charge on any atom is 0.260 e. The van der Waals surface area contributed by atoms with E-state index in [0.29, 0.717) is 0 Å².